The molecule has 4 rings (SSSR count). The standard InChI is InChI=1S/C20H25N3O3/c1-6-10(3)23-17(24)14-12(5)22-20(15(14)18(23)25)13-8-7-9(2)11(4)16(13)21-19(20)26/h7-8,10,12,14-15,22H,6H2,1-5H3,(H,21,26). The van der Waals surface area contributed by atoms with Gasteiger partial charge in [-0.2, -0.15) is 0 Å². The van der Waals surface area contributed by atoms with E-state index in [4.69, 9.17) is 0 Å². The van der Waals surface area contributed by atoms with E-state index in [1.807, 2.05) is 46.8 Å². The highest BCUT2D eigenvalue weighted by molar-refractivity contribution is 6.15. The third-order valence-electron chi connectivity index (χ3n) is 6.63. The fourth-order valence-corrected chi connectivity index (χ4v) is 4.92. The Morgan fingerprint density at radius 1 is 1.19 bits per heavy atom. The summed E-state index contributed by atoms with van der Waals surface area (Å²) in [6.07, 6.45) is 0.701. The summed E-state index contributed by atoms with van der Waals surface area (Å²) in [5.74, 6) is -1.81. The maximum Gasteiger partial charge on any atom is 0.250 e. The van der Waals surface area contributed by atoms with E-state index in [9.17, 15) is 14.4 Å². The van der Waals surface area contributed by atoms with Crippen molar-refractivity contribution < 1.29 is 14.4 Å². The number of hydrogen-bond acceptors (Lipinski definition) is 4. The lowest BCUT2D eigenvalue weighted by atomic mass is 9.76. The molecular weight excluding hydrogens is 330 g/mol. The van der Waals surface area contributed by atoms with Crippen molar-refractivity contribution in [2.45, 2.75) is 58.7 Å². The number of anilines is 1. The molecule has 138 valence electrons. The molecule has 2 fully saturated rings. The van der Waals surface area contributed by atoms with Crippen LogP contribution in [0.25, 0.3) is 0 Å². The van der Waals surface area contributed by atoms with Gasteiger partial charge in [-0.15, -0.1) is 0 Å². The van der Waals surface area contributed by atoms with Crippen LogP contribution in [0, 0.1) is 25.7 Å². The van der Waals surface area contributed by atoms with Crippen molar-refractivity contribution in [1.29, 1.82) is 0 Å². The SMILES string of the molecule is CCC(C)N1C(=O)C2C(C)NC3(C(=O)Nc4c3ccc(C)c4C)C2C1=O. The molecule has 26 heavy (non-hydrogen) atoms. The van der Waals surface area contributed by atoms with Crippen molar-refractivity contribution in [3.05, 3.63) is 28.8 Å². The first-order valence-electron chi connectivity index (χ1n) is 9.32. The van der Waals surface area contributed by atoms with E-state index in [1.54, 1.807) is 0 Å². The van der Waals surface area contributed by atoms with E-state index < -0.39 is 17.4 Å². The number of nitrogens with zero attached hydrogens (tertiary/aromatic N) is 1. The van der Waals surface area contributed by atoms with Gasteiger partial charge in [0.2, 0.25) is 17.7 Å². The fraction of sp³-hybridized carbons (Fsp3) is 0.550. The minimum absolute atomic E-state index is 0.156. The molecule has 6 heteroatoms. The second kappa shape index (κ2) is 5.39. The van der Waals surface area contributed by atoms with Crippen LogP contribution in [0.5, 0.6) is 0 Å². The van der Waals surface area contributed by atoms with Crippen LogP contribution in [0.15, 0.2) is 12.1 Å². The molecule has 0 aromatic heterocycles. The van der Waals surface area contributed by atoms with Crippen LogP contribution >= 0.6 is 0 Å². The molecule has 5 atom stereocenters. The van der Waals surface area contributed by atoms with E-state index in [0.29, 0.717) is 6.42 Å². The molecule has 1 aromatic rings. The summed E-state index contributed by atoms with van der Waals surface area (Å²) < 4.78 is 0. The van der Waals surface area contributed by atoms with Gasteiger partial charge in [0.1, 0.15) is 5.54 Å². The summed E-state index contributed by atoms with van der Waals surface area (Å²) >= 11 is 0. The lowest BCUT2D eigenvalue weighted by Crippen LogP contribution is -2.53. The summed E-state index contributed by atoms with van der Waals surface area (Å²) in [6, 6.07) is 3.49. The van der Waals surface area contributed by atoms with Gasteiger partial charge in [-0.3, -0.25) is 24.6 Å². The van der Waals surface area contributed by atoms with Crippen molar-refractivity contribution in [2.24, 2.45) is 11.8 Å². The van der Waals surface area contributed by atoms with Crippen molar-refractivity contribution in [3.63, 3.8) is 0 Å². The number of amides is 3. The number of aryl methyl sites for hydroxylation is 1. The van der Waals surface area contributed by atoms with Crippen molar-refractivity contribution >= 4 is 23.4 Å². The Labute approximate surface area is 153 Å². The molecule has 3 aliphatic rings. The minimum atomic E-state index is -1.16. The second-order valence-electron chi connectivity index (χ2n) is 7.93. The average molecular weight is 355 g/mol. The first kappa shape index (κ1) is 17.2. The molecule has 6 nitrogen and oxygen atoms in total. The number of carbonyl (C=O) groups excluding carboxylic acids is 3. The number of benzene rings is 1. The summed E-state index contributed by atoms with van der Waals surface area (Å²) in [5.41, 5.74) is 2.49. The predicted molar refractivity (Wildman–Crippen MR) is 97.4 cm³/mol. The van der Waals surface area contributed by atoms with Crippen LogP contribution in [-0.2, 0) is 19.9 Å². The first-order valence-corrected chi connectivity index (χ1v) is 9.32. The average Bonchev–Trinajstić information content (AvgIpc) is 3.16. The van der Waals surface area contributed by atoms with Crippen LogP contribution in [-0.4, -0.2) is 34.7 Å². The lowest BCUT2D eigenvalue weighted by Gasteiger charge is -2.30. The van der Waals surface area contributed by atoms with Crippen molar-refractivity contribution in [1.82, 2.24) is 10.2 Å². The third-order valence-corrected chi connectivity index (χ3v) is 6.63. The zero-order valence-corrected chi connectivity index (χ0v) is 15.8. The van der Waals surface area contributed by atoms with Crippen LogP contribution in [0.4, 0.5) is 5.69 Å². The normalized spacial score (nSPS) is 33.7. The number of rotatable bonds is 2. The fourth-order valence-electron chi connectivity index (χ4n) is 4.92. The monoisotopic (exact) mass is 355 g/mol. The molecule has 1 spiro atoms. The Kier molecular flexibility index (Phi) is 3.57. The predicted octanol–water partition coefficient (Wildman–Crippen LogP) is 1.84. The number of nitrogens with one attached hydrogen (secondary N) is 2. The Morgan fingerprint density at radius 2 is 1.88 bits per heavy atom. The van der Waals surface area contributed by atoms with Gasteiger partial charge < -0.3 is 5.32 Å². The van der Waals surface area contributed by atoms with Gasteiger partial charge in [0.25, 0.3) is 0 Å². The van der Waals surface area contributed by atoms with Crippen LogP contribution in [0.2, 0.25) is 0 Å². The van der Waals surface area contributed by atoms with E-state index in [0.717, 1.165) is 22.4 Å². The van der Waals surface area contributed by atoms with Crippen molar-refractivity contribution in [3.8, 4) is 0 Å². The lowest BCUT2D eigenvalue weighted by molar-refractivity contribution is -0.145. The van der Waals surface area contributed by atoms with Gasteiger partial charge in [0.15, 0.2) is 0 Å². The molecule has 0 aliphatic carbocycles. The number of imide groups is 1. The summed E-state index contributed by atoms with van der Waals surface area (Å²) in [6.45, 7) is 9.70. The van der Waals surface area contributed by atoms with Crippen LogP contribution in [0.3, 0.4) is 0 Å². The minimum Gasteiger partial charge on any atom is -0.324 e. The highest BCUT2D eigenvalue weighted by atomic mass is 16.2. The molecule has 2 saturated heterocycles. The highest BCUT2D eigenvalue weighted by Gasteiger charge is 2.70. The molecule has 2 N–H and O–H groups in total. The zero-order valence-electron chi connectivity index (χ0n) is 15.8. The maximum atomic E-state index is 13.3. The Balaban J connectivity index is 1.90. The number of likely N-dealkylation sites (tertiary alicyclic amines) is 1. The Morgan fingerprint density at radius 3 is 2.54 bits per heavy atom. The summed E-state index contributed by atoms with van der Waals surface area (Å²) in [4.78, 5) is 40.9. The number of hydrogen-bond donors (Lipinski definition) is 2. The van der Waals surface area contributed by atoms with Gasteiger partial charge in [-0.05, 0) is 45.2 Å². The topological polar surface area (TPSA) is 78.5 Å². The quantitative estimate of drug-likeness (QED) is 0.794. The van der Waals surface area contributed by atoms with E-state index in [1.165, 1.54) is 4.90 Å². The van der Waals surface area contributed by atoms with Crippen LogP contribution in [0.1, 0.15) is 43.9 Å². The maximum absolute atomic E-state index is 13.3. The molecule has 0 bridgehead atoms. The van der Waals surface area contributed by atoms with Gasteiger partial charge in [0, 0.05) is 23.3 Å². The first-order chi connectivity index (χ1) is 12.3. The smallest absolute Gasteiger partial charge is 0.250 e. The van der Waals surface area contributed by atoms with Gasteiger partial charge in [-0.25, -0.2) is 0 Å². The third kappa shape index (κ3) is 1.83. The number of carbonyl (C=O) groups is 3. The van der Waals surface area contributed by atoms with E-state index in [-0.39, 0.29) is 29.8 Å². The van der Waals surface area contributed by atoms with Crippen LogP contribution < -0.4 is 10.6 Å². The summed E-state index contributed by atoms with van der Waals surface area (Å²) in [7, 11) is 0. The molecule has 5 unspecified atom stereocenters. The Bertz CT molecular complexity index is 849. The van der Waals surface area contributed by atoms with Gasteiger partial charge in [-0.1, -0.05) is 19.1 Å². The van der Waals surface area contributed by atoms with E-state index >= 15 is 0 Å². The zero-order chi connectivity index (χ0) is 19.0. The van der Waals surface area contributed by atoms with E-state index in [2.05, 4.69) is 10.6 Å². The molecule has 3 amide bonds. The molecular formula is C20H25N3O3. The molecule has 0 radical (unpaired) electrons. The highest BCUT2D eigenvalue weighted by Crippen LogP contribution is 2.53. The second-order valence-corrected chi connectivity index (χ2v) is 7.93. The molecule has 3 aliphatic heterocycles. The molecule has 0 saturated carbocycles. The number of fused-ring (bicyclic) bond motifs is 4. The van der Waals surface area contributed by atoms with Gasteiger partial charge >= 0.3 is 0 Å². The van der Waals surface area contributed by atoms with Gasteiger partial charge in [0.05, 0.1) is 11.8 Å². The summed E-state index contributed by atoms with van der Waals surface area (Å²) in [5, 5.41) is 6.32. The molecule has 1 aromatic carbocycles. The Hall–Kier alpha value is -2.21. The largest absolute Gasteiger partial charge is 0.324 e. The molecule has 3 heterocycles. The van der Waals surface area contributed by atoms with Crippen molar-refractivity contribution in [2.75, 3.05) is 5.32 Å².